The van der Waals surface area contributed by atoms with Gasteiger partial charge < -0.3 is 10.1 Å². The first-order valence-corrected chi connectivity index (χ1v) is 6.69. The molecule has 1 aliphatic carbocycles. The Hall–Kier alpha value is -0.670. The first-order chi connectivity index (χ1) is 7.83. The first-order valence-electron chi connectivity index (χ1n) is 5.81. The highest BCUT2D eigenvalue weighted by atomic mass is 32.2. The van der Waals surface area contributed by atoms with Crippen LogP contribution in [0.15, 0.2) is 29.2 Å². The van der Waals surface area contributed by atoms with E-state index in [2.05, 4.69) is 24.5 Å². The zero-order chi connectivity index (χ0) is 11.4. The van der Waals surface area contributed by atoms with E-state index in [4.69, 9.17) is 4.74 Å². The van der Waals surface area contributed by atoms with Gasteiger partial charge >= 0.3 is 0 Å². The Morgan fingerprint density at radius 1 is 1.25 bits per heavy atom. The van der Waals surface area contributed by atoms with Crippen molar-refractivity contribution in [2.45, 2.75) is 35.4 Å². The molecule has 1 N–H and O–H groups in total. The zero-order valence-electron chi connectivity index (χ0n) is 9.90. The third kappa shape index (κ3) is 2.71. The normalized spacial score (nSPS) is 24.6. The Kier molecular flexibility index (Phi) is 4.13. The Bertz CT molecular complexity index is 325. The molecule has 0 bridgehead atoms. The Labute approximate surface area is 102 Å². The lowest BCUT2D eigenvalue weighted by Gasteiger charge is -2.18. The monoisotopic (exact) mass is 237 g/mol. The molecule has 3 heteroatoms. The van der Waals surface area contributed by atoms with Crippen LogP contribution in [0.5, 0.6) is 5.75 Å². The molecular formula is C13H19NOS. The van der Waals surface area contributed by atoms with Crippen LogP contribution in [0.1, 0.15) is 19.3 Å². The fourth-order valence-corrected chi connectivity index (χ4v) is 3.59. The maximum atomic E-state index is 5.16. The van der Waals surface area contributed by atoms with Crippen LogP contribution in [-0.4, -0.2) is 25.4 Å². The lowest BCUT2D eigenvalue weighted by atomic mass is 10.2. The minimum Gasteiger partial charge on any atom is -0.497 e. The third-order valence-electron chi connectivity index (χ3n) is 3.17. The first kappa shape index (κ1) is 11.8. The molecule has 2 nitrogen and oxygen atoms in total. The Morgan fingerprint density at radius 2 is 2.00 bits per heavy atom. The van der Waals surface area contributed by atoms with Crippen molar-refractivity contribution in [1.29, 1.82) is 0 Å². The van der Waals surface area contributed by atoms with Crippen LogP contribution in [0.4, 0.5) is 0 Å². The predicted molar refractivity (Wildman–Crippen MR) is 69.3 cm³/mol. The molecule has 0 spiro atoms. The summed E-state index contributed by atoms with van der Waals surface area (Å²) in [6.07, 6.45) is 3.98. The molecule has 1 aromatic carbocycles. The molecule has 1 saturated carbocycles. The summed E-state index contributed by atoms with van der Waals surface area (Å²) in [4.78, 5) is 1.34. The zero-order valence-corrected chi connectivity index (χ0v) is 10.7. The van der Waals surface area contributed by atoms with Gasteiger partial charge in [0, 0.05) is 16.2 Å². The molecule has 0 aliphatic heterocycles. The summed E-state index contributed by atoms with van der Waals surface area (Å²) < 4.78 is 5.16. The number of rotatable bonds is 4. The standard InChI is InChI=1S/C13H19NOS/c1-14-12-4-3-5-13(12)16-11-8-6-10(15-2)7-9-11/h6-9,12-14H,3-5H2,1-2H3. The van der Waals surface area contributed by atoms with Gasteiger partial charge in [-0.25, -0.2) is 0 Å². The number of hydrogen-bond acceptors (Lipinski definition) is 3. The molecule has 0 radical (unpaired) electrons. The summed E-state index contributed by atoms with van der Waals surface area (Å²) in [5.74, 6) is 0.931. The predicted octanol–water partition coefficient (Wildman–Crippen LogP) is 2.93. The van der Waals surface area contributed by atoms with Gasteiger partial charge in [0.1, 0.15) is 5.75 Å². The van der Waals surface area contributed by atoms with Crippen LogP contribution in [0.2, 0.25) is 0 Å². The molecule has 0 saturated heterocycles. The smallest absolute Gasteiger partial charge is 0.118 e. The van der Waals surface area contributed by atoms with Gasteiger partial charge in [-0.1, -0.05) is 6.42 Å². The van der Waals surface area contributed by atoms with Gasteiger partial charge in [-0.2, -0.15) is 0 Å². The summed E-state index contributed by atoms with van der Waals surface area (Å²) in [5, 5.41) is 4.13. The average molecular weight is 237 g/mol. The van der Waals surface area contributed by atoms with Gasteiger partial charge in [0.05, 0.1) is 7.11 Å². The lowest BCUT2D eigenvalue weighted by Crippen LogP contribution is -2.30. The number of hydrogen-bond donors (Lipinski definition) is 1. The molecule has 1 aromatic rings. The second-order valence-electron chi connectivity index (χ2n) is 4.16. The van der Waals surface area contributed by atoms with Crippen molar-refractivity contribution >= 4 is 11.8 Å². The summed E-state index contributed by atoms with van der Waals surface area (Å²) in [5.41, 5.74) is 0. The fourth-order valence-electron chi connectivity index (χ4n) is 2.23. The maximum absolute atomic E-state index is 5.16. The average Bonchev–Trinajstić information content (AvgIpc) is 2.77. The van der Waals surface area contributed by atoms with Crippen molar-refractivity contribution in [2.24, 2.45) is 0 Å². The molecule has 2 atom stereocenters. The van der Waals surface area contributed by atoms with Crippen LogP contribution in [0.3, 0.4) is 0 Å². The Morgan fingerprint density at radius 3 is 2.62 bits per heavy atom. The number of ether oxygens (including phenoxy) is 1. The molecule has 2 unspecified atom stereocenters. The van der Waals surface area contributed by atoms with Crippen molar-refractivity contribution < 1.29 is 4.74 Å². The van der Waals surface area contributed by atoms with Crippen molar-refractivity contribution in [2.75, 3.05) is 14.2 Å². The molecule has 2 rings (SSSR count). The van der Waals surface area contributed by atoms with Gasteiger partial charge in [0.25, 0.3) is 0 Å². The van der Waals surface area contributed by atoms with Crippen LogP contribution < -0.4 is 10.1 Å². The van der Waals surface area contributed by atoms with Crippen molar-refractivity contribution in [3.05, 3.63) is 24.3 Å². The topological polar surface area (TPSA) is 21.3 Å². The van der Waals surface area contributed by atoms with E-state index in [0.29, 0.717) is 6.04 Å². The number of benzene rings is 1. The van der Waals surface area contributed by atoms with Gasteiger partial charge in [-0.05, 0) is 44.2 Å². The fraction of sp³-hybridized carbons (Fsp3) is 0.538. The van der Waals surface area contributed by atoms with E-state index in [1.807, 2.05) is 23.9 Å². The highest BCUT2D eigenvalue weighted by Crippen LogP contribution is 2.35. The van der Waals surface area contributed by atoms with Gasteiger partial charge in [0.15, 0.2) is 0 Å². The van der Waals surface area contributed by atoms with E-state index in [9.17, 15) is 0 Å². The third-order valence-corrected chi connectivity index (χ3v) is 4.58. The van der Waals surface area contributed by atoms with Crippen LogP contribution >= 0.6 is 11.8 Å². The number of nitrogens with one attached hydrogen (secondary N) is 1. The number of methoxy groups -OCH3 is 1. The summed E-state index contributed by atoms with van der Waals surface area (Å²) in [6, 6.07) is 9.03. The highest BCUT2D eigenvalue weighted by molar-refractivity contribution is 8.00. The molecule has 0 heterocycles. The van der Waals surface area contributed by atoms with E-state index in [1.54, 1.807) is 7.11 Å². The van der Waals surface area contributed by atoms with Crippen LogP contribution in [0.25, 0.3) is 0 Å². The largest absolute Gasteiger partial charge is 0.497 e. The van der Waals surface area contributed by atoms with E-state index in [-0.39, 0.29) is 0 Å². The van der Waals surface area contributed by atoms with Crippen LogP contribution in [0, 0.1) is 0 Å². The van der Waals surface area contributed by atoms with Crippen molar-refractivity contribution in [3.63, 3.8) is 0 Å². The van der Waals surface area contributed by atoms with Gasteiger partial charge in [-0.15, -0.1) is 11.8 Å². The molecular weight excluding hydrogens is 218 g/mol. The van der Waals surface area contributed by atoms with E-state index in [0.717, 1.165) is 11.0 Å². The molecule has 0 amide bonds. The number of thioether (sulfide) groups is 1. The minimum atomic E-state index is 0.673. The molecule has 0 aromatic heterocycles. The maximum Gasteiger partial charge on any atom is 0.118 e. The molecule has 1 fully saturated rings. The second kappa shape index (κ2) is 5.60. The molecule has 1 aliphatic rings. The molecule has 88 valence electrons. The molecule has 16 heavy (non-hydrogen) atoms. The van der Waals surface area contributed by atoms with Crippen molar-refractivity contribution in [3.8, 4) is 5.75 Å². The minimum absolute atomic E-state index is 0.673. The summed E-state index contributed by atoms with van der Waals surface area (Å²) >= 11 is 1.99. The summed E-state index contributed by atoms with van der Waals surface area (Å²) in [6.45, 7) is 0. The second-order valence-corrected chi connectivity index (χ2v) is 5.47. The highest BCUT2D eigenvalue weighted by Gasteiger charge is 2.26. The van der Waals surface area contributed by atoms with Crippen molar-refractivity contribution in [1.82, 2.24) is 5.32 Å². The quantitative estimate of drug-likeness (QED) is 0.870. The Balaban J connectivity index is 1.97. The van der Waals surface area contributed by atoms with Gasteiger partial charge in [0.2, 0.25) is 0 Å². The van der Waals surface area contributed by atoms with E-state index >= 15 is 0 Å². The lowest BCUT2D eigenvalue weighted by molar-refractivity contribution is 0.414. The van der Waals surface area contributed by atoms with E-state index < -0.39 is 0 Å². The SMILES string of the molecule is CNC1CCCC1Sc1ccc(OC)cc1. The van der Waals surface area contributed by atoms with E-state index in [1.165, 1.54) is 24.2 Å². The van der Waals surface area contributed by atoms with Crippen LogP contribution in [-0.2, 0) is 0 Å². The summed E-state index contributed by atoms with van der Waals surface area (Å²) in [7, 11) is 3.77. The van der Waals surface area contributed by atoms with Gasteiger partial charge in [-0.3, -0.25) is 0 Å².